The summed E-state index contributed by atoms with van der Waals surface area (Å²) >= 11 is 10.6. The van der Waals surface area contributed by atoms with Crippen LogP contribution in [0, 0.1) is 0 Å². The number of hydrogen-bond donors (Lipinski definition) is 0. The highest BCUT2D eigenvalue weighted by Crippen LogP contribution is 2.31. The van der Waals surface area contributed by atoms with Crippen molar-refractivity contribution < 1.29 is 86.1 Å². The van der Waals surface area contributed by atoms with E-state index in [0.717, 1.165) is 91.4 Å². The predicted octanol–water partition coefficient (Wildman–Crippen LogP) is 26.6. The smallest absolute Gasteiger partial charge is 0.405 e. The highest BCUT2D eigenvalue weighted by atomic mass is 32.2. The summed E-state index contributed by atoms with van der Waals surface area (Å²) in [5, 5.41) is 22.5. The van der Waals surface area contributed by atoms with Crippen LogP contribution >= 0.6 is 81.5 Å². The molecule has 0 bridgehead atoms. The van der Waals surface area contributed by atoms with E-state index in [9.17, 15) is 52.7 Å². The van der Waals surface area contributed by atoms with Crippen LogP contribution in [0.2, 0.25) is 0 Å². The number of unbranched alkanes of at least 4 members (excludes halogenated alkanes) is 6. The van der Waals surface area contributed by atoms with Gasteiger partial charge in [0.25, 0.3) is 5.78 Å². The molecule has 0 aliphatic carbocycles. The molecule has 0 aliphatic heterocycles. The Morgan fingerprint density at radius 1 is 0.314 bits per heavy atom. The zero-order chi connectivity index (χ0) is 97.7. The van der Waals surface area contributed by atoms with Gasteiger partial charge in [-0.05, 0) is 244 Å². The zero-order valence-corrected chi connectivity index (χ0v) is 81.8. The third-order valence-electron chi connectivity index (χ3n) is 19.0. The minimum Gasteiger partial charge on any atom is -0.457 e. The van der Waals surface area contributed by atoms with Gasteiger partial charge in [0.05, 0.1) is 17.8 Å². The van der Waals surface area contributed by atoms with Gasteiger partial charge in [0.1, 0.15) is 32.6 Å². The van der Waals surface area contributed by atoms with Gasteiger partial charge in [-0.25, -0.2) is 24.0 Å². The fourth-order valence-corrected chi connectivity index (χ4v) is 16.4. The standard InChI is InChI=1S/C25H25NO3S2.C23H27NO4S.C21H17NO3S2.C20H15NO4S.C18H15NO4S/c1-2-3-4-8-12-22(26-29-25(28)23-13-9-18-30-23)24(27)19-14-16-21(17-15-19)31-20-10-6-5-7-11-20;1-3-4-5-9-12-21(24-28-23(26)19-10-7-6-8-11-19)22(25)18-13-15-20(16-14-18)29-17-27-2;1-2-26-17-12-10-16(11-13-17)20(23)19(15-7-4-3-5-8-15)22-25-21(24)18-9-6-14-27-18;1-14(21-25-20(23)18-8-5-13-24-18)19(22)15-9-11-17(12-10-15)26-16-6-3-2-4-7-16;1-12(16(20)14-8-10-15(24-2)11-9-14)19-23-18(22)17(21)13-6-4-3-5-7-13/h5-7,9-11,13-18H,2-4,8,12H2,1H3;6-8,10-11,13-16H,3-5,9,12,17H2,1-2H3;3-14H,2H2,1H3;2-13H,1H3;3-11H,1-2H3/b26-22+;24-21+;22-19+;21-14+;19-12+. The van der Waals surface area contributed by atoms with Crippen molar-refractivity contribution in [1.29, 1.82) is 0 Å². The lowest BCUT2D eigenvalue weighted by molar-refractivity contribution is -0.138. The van der Waals surface area contributed by atoms with E-state index in [-0.39, 0.29) is 68.8 Å². The third kappa shape index (κ3) is 36.8. The van der Waals surface area contributed by atoms with Gasteiger partial charge >= 0.3 is 29.8 Å². The monoisotopic (exact) mass is 1970 g/mol. The molecule has 0 aliphatic rings. The van der Waals surface area contributed by atoms with Crippen molar-refractivity contribution in [2.75, 3.05) is 25.1 Å². The summed E-state index contributed by atoms with van der Waals surface area (Å²) in [4.78, 5) is 168. The van der Waals surface area contributed by atoms with Crippen molar-refractivity contribution in [3.8, 4) is 0 Å². The van der Waals surface area contributed by atoms with E-state index in [4.69, 9.17) is 28.5 Å². The molecule has 23 nitrogen and oxygen atoms in total. The Bertz CT molecular complexity index is 6190. The van der Waals surface area contributed by atoms with Crippen molar-refractivity contribution in [1.82, 2.24) is 0 Å². The number of Topliss-reactive ketones (excluding diaryl/α,β-unsaturated/α-hetero) is 6. The summed E-state index contributed by atoms with van der Waals surface area (Å²) in [5.41, 5.74) is 4.35. The van der Waals surface area contributed by atoms with Gasteiger partial charge in [-0.15, -0.1) is 46.2 Å². The number of thiophene rings is 2. The van der Waals surface area contributed by atoms with Crippen LogP contribution in [0.25, 0.3) is 0 Å². The molecule has 3 heterocycles. The molecule has 13 rings (SSSR count). The van der Waals surface area contributed by atoms with Crippen molar-refractivity contribution in [2.45, 2.75) is 133 Å². The van der Waals surface area contributed by atoms with Gasteiger partial charge in [-0.3, -0.25) is 28.8 Å². The summed E-state index contributed by atoms with van der Waals surface area (Å²) in [7, 11) is 1.64. The molecule has 30 heteroatoms. The Hall–Kier alpha value is -13.7. The minimum atomic E-state index is -1.13. The van der Waals surface area contributed by atoms with Crippen molar-refractivity contribution in [2.24, 2.45) is 25.8 Å². The molecule has 0 spiro atoms. The Morgan fingerprint density at radius 2 is 0.679 bits per heavy atom. The number of carbonyl (C=O) groups excluding carboxylic acids is 11. The number of thioether (sulfide) groups is 3. The minimum absolute atomic E-state index is 0.0129. The SMILES string of the molecule is C/C(=N\OC(=O)c1ccco1)C(=O)c1ccc(Sc2ccccc2)cc1.CCCCCC/C(=N\OC(=O)c1ccccc1)C(=O)c1ccc(SCOC)cc1.CCCCCC/C(=N\OC(=O)c1cccs1)C(=O)c1ccc(Sc2ccccc2)cc1.CCSc1ccc(C(=O)/C(=N/OC(=O)c2cccs2)c2ccccc2)cc1.CSc1ccc(C(=O)/C(C)=N/OC(=O)C(=O)c2ccccc2)cc1. The fourth-order valence-electron chi connectivity index (χ4n) is 11.9. The molecule has 0 N–H and O–H groups in total. The first-order chi connectivity index (χ1) is 66.7. The van der Waals surface area contributed by atoms with Crippen molar-refractivity contribution in [3.05, 3.63) is 386 Å². The van der Waals surface area contributed by atoms with Crippen LogP contribution in [0.4, 0.5) is 0 Å². The first-order valence-corrected chi connectivity index (χ1v) is 49.9. The predicted molar refractivity (Wildman–Crippen MR) is 545 cm³/mol. The van der Waals surface area contributed by atoms with Gasteiger partial charge < -0.3 is 33.3 Å². The third-order valence-corrected chi connectivity index (χ3v) is 25.4. The molecule has 137 heavy (non-hydrogen) atoms. The second kappa shape index (κ2) is 59.9. The van der Waals surface area contributed by atoms with E-state index in [1.54, 1.807) is 234 Å². The molecular weight excluding hydrogens is 1870 g/mol. The molecule has 3 aromatic heterocycles. The number of benzene rings is 10. The molecule has 13 aromatic rings. The molecule has 0 fully saturated rings. The summed E-state index contributed by atoms with van der Waals surface area (Å²) in [6.07, 6.45) is 12.3. The highest BCUT2D eigenvalue weighted by molar-refractivity contribution is 8.00. The number of hydrogen-bond acceptors (Lipinski definition) is 30. The highest BCUT2D eigenvalue weighted by Gasteiger charge is 2.24. The van der Waals surface area contributed by atoms with Crippen LogP contribution in [-0.4, -0.2) is 118 Å². The zero-order valence-electron chi connectivity index (χ0n) is 76.1. The first-order valence-electron chi connectivity index (χ1n) is 43.3. The average Bonchev–Trinajstić information content (AvgIpc) is 1.48. The molecule has 0 saturated carbocycles. The van der Waals surface area contributed by atoms with Crippen LogP contribution in [-0.2, 0) is 33.7 Å². The number of rotatable bonds is 42. The van der Waals surface area contributed by atoms with Crippen molar-refractivity contribution in [3.63, 3.8) is 0 Å². The second-order valence-electron chi connectivity index (χ2n) is 29.0. The number of oxime groups is 5. The molecule has 0 amide bonds. The maximum Gasteiger partial charge on any atom is 0.405 e. The number of nitrogens with zero attached hydrogens (tertiary/aromatic N) is 5. The molecule has 0 saturated heterocycles. The maximum absolute atomic E-state index is 13.1. The summed E-state index contributed by atoms with van der Waals surface area (Å²) < 4.78 is 9.95. The lowest BCUT2D eigenvalue weighted by Crippen LogP contribution is -2.18. The normalized spacial score (nSPS) is 11.2. The molecular formula is C107H99N5O18S7. The first kappa shape index (κ1) is 107. The van der Waals surface area contributed by atoms with E-state index in [1.165, 1.54) is 61.0 Å². The number of furan rings is 1. The van der Waals surface area contributed by atoms with Crippen molar-refractivity contribution >= 4 is 175 Å². The average molecular weight is 1970 g/mol. The topological polar surface area (TPSA) is 318 Å². The number of ketones is 6. The van der Waals surface area contributed by atoms with Crippen LogP contribution in [0.15, 0.2) is 391 Å². The van der Waals surface area contributed by atoms with Crippen LogP contribution in [0.3, 0.4) is 0 Å². The molecule has 0 unspecified atom stereocenters. The van der Waals surface area contributed by atoms with Crippen LogP contribution in [0.1, 0.15) is 207 Å². The Balaban J connectivity index is 0.000000192. The van der Waals surface area contributed by atoms with Crippen LogP contribution in [0.5, 0.6) is 0 Å². The quantitative estimate of drug-likeness (QED) is 0.00501. The molecule has 702 valence electrons. The lowest BCUT2D eigenvalue weighted by atomic mass is 10.0. The van der Waals surface area contributed by atoms with E-state index in [1.807, 2.05) is 140 Å². The van der Waals surface area contributed by atoms with Gasteiger partial charge in [-0.2, -0.15) is 0 Å². The van der Waals surface area contributed by atoms with E-state index >= 15 is 0 Å². The van der Waals surface area contributed by atoms with Gasteiger partial charge in [-0.1, -0.05) is 248 Å². The summed E-state index contributed by atoms with van der Waals surface area (Å²) in [5.74, 6) is -4.26. The molecule has 0 radical (unpaired) electrons. The summed E-state index contributed by atoms with van der Waals surface area (Å²) in [6, 6.07) is 91.7. The maximum atomic E-state index is 13.1. The van der Waals surface area contributed by atoms with Gasteiger partial charge in [0.2, 0.25) is 34.7 Å². The Labute approximate surface area is 824 Å². The second-order valence-corrected chi connectivity index (χ2v) is 36.4. The Kier molecular flexibility index (Phi) is 46.8. The van der Waals surface area contributed by atoms with Gasteiger partial charge in [0, 0.05) is 80.3 Å². The van der Waals surface area contributed by atoms with E-state index in [2.05, 4.69) is 51.4 Å². The van der Waals surface area contributed by atoms with E-state index < -0.39 is 35.6 Å². The fraction of sp³-hybridized carbons (Fsp3) is 0.178. The van der Waals surface area contributed by atoms with E-state index in [0.29, 0.717) is 67.5 Å². The molecule has 10 aromatic carbocycles. The lowest BCUT2D eigenvalue weighted by Gasteiger charge is -2.07. The van der Waals surface area contributed by atoms with Crippen LogP contribution < -0.4 is 0 Å². The number of ether oxygens (including phenoxy) is 1. The van der Waals surface area contributed by atoms with Gasteiger partial charge in [0.15, 0.2) is 5.71 Å². The number of methoxy groups -OCH3 is 1. The largest absolute Gasteiger partial charge is 0.457 e. The molecule has 0 atom stereocenters. The summed E-state index contributed by atoms with van der Waals surface area (Å²) in [6.45, 7) is 9.25. The number of carbonyl (C=O) groups is 11. The Morgan fingerprint density at radius 3 is 1.09 bits per heavy atom.